The van der Waals surface area contributed by atoms with E-state index in [1.165, 1.54) is 11.3 Å². The van der Waals surface area contributed by atoms with E-state index in [1.807, 2.05) is 6.92 Å². The van der Waals surface area contributed by atoms with E-state index in [0.717, 1.165) is 11.5 Å². The van der Waals surface area contributed by atoms with Crippen LogP contribution in [0.15, 0.2) is 0 Å². The summed E-state index contributed by atoms with van der Waals surface area (Å²) in [5.74, 6) is 0.885. The fourth-order valence-electron chi connectivity index (χ4n) is 2.31. The van der Waals surface area contributed by atoms with Gasteiger partial charge in [0.1, 0.15) is 5.82 Å². The van der Waals surface area contributed by atoms with Crippen LogP contribution in [0.3, 0.4) is 0 Å². The summed E-state index contributed by atoms with van der Waals surface area (Å²) in [6, 6.07) is 0.862. The summed E-state index contributed by atoms with van der Waals surface area (Å²) in [7, 11) is 2.14. The van der Waals surface area contributed by atoms with Crippen molar-refractivity contribution >= 4 is 0 Å². The highest BCUT2D eigenvalue weighted by Crippen LogP contribution is 2.39. The normalized spacial score (nSPS) is 26.6. The molecule has 0 saturated heterocycles. The van der Waals surface area contributed by atoms with Crippen molar-refractivity contribution in [2.75, 3.05) is 7.05 Å². The Hall–Kier alpha value is -0.960. The van der Waals surface area contributed by atoms with Crippen molar-refractivity contribution in [3.8, 4) is 0 Å². The summed E-state index contributed by atoms with van der Waals surface area (Å²) in [6.45, 7) is 8.46. The second kappa shape index (κ2) is 3.02. The molecule has 0 spiro atoms. The summed E-state index contributed by atoms with van der Waals surface area (Å²) in [5.41, 5.74) is 3.67. The maximum Gasteiger partial charge on any atom is 0.125 e. The Balaban J connectivity index is 2.63. The van der Waals surface area contributed by atoms with Gasteiger partial charge in [-0.1, -0.05) is 0 Å². The molecule has 2 heterocycles. The van der Waals surface area contributed by atoms with Crippen molar-refractivity contribution < 1.29 is 0 Å². The molecule has 1 aromatic rings. The van der Waals surface area contributed by atoms with E-state index >= 15 is 0 Å². The average molecular weight is 191 g/mol. The second-order valence-electron chi connectivity index (χ2n) is 4.17. The maximum atomic E-state index is 4.54. The molecule has 0 aliphatic carbocycles. The van der Waals surface area contributed by atoms with Crippen LogP contribution in [-0.2, 0) is 0 Å². The van der Waals surface area contributed by atoms with Crippen LogP contribution in [0, 0.1) is 13.8 Å². The van der Waals surface area contributed by atoms with Crippen molar-refractivity contribution in [3.05, 3.63) is 22.8 Å². The molecule has 3 heteroatoms. The molecule has 14 heavy (non-hydrogen) atoms. The minimum absolute atomic E-state index is 0.417. The van der Waals surface area contributed by atoms with E-state index in [2.05, 4.69) is 42.7 Å². The molecule has 1 aromatic heterocycles. The zero-order valence-electron chi connectivity index (χ0n) is 9.50. The monoisotopic (exact) mass is 191 g/mol. The highest BCUT2D eigenvalue weighted by Gasteiger charge is 2.33. The van der Waals surface area contributed by atoms with Gasteiger partial charge in [-0.3, -0.25) is 4.90 Å². The van der Waals surface area contributed by atoms with Gasteiger partial charge in [-0.25, -0.2) is 9.97 Å². The fourth-order valence-corrected chi connectivity index (χ4v) is 2.31. The van der Waals surface area contributed by atoms with Gasteiger partial charge in [0, 0.05) is 23.3 Å². The molecule has 1 aliphatic rings. The Morgan fingerprint density at radius 1 is 1.07 bits per heavy atom. The minimum atomic E-state index is 0.417. The van der Waals surface area contributed by atoms with E-state index < -0.39 is 0 Å². The lowest BCUT2D eigenvalue weighted by atomic mass is 10.1. The van der Waals surface area contributed by atoms with Crippen LogP contribution < -0.4 is 0 Å². The smallest absolute Gasteiger partial charge is 0.125 e. The van der Waals surface area contributed by atoms with Crippen LogP contribution in [0.1, 0.15) is 48.7 Å². The van der Waals surface area contributed by atoms with Crippen molar-refractivity contribution in [2.24, 2.45) is 0 Å². The van der Waals surface area contributed by atoms with Gasteiger partial charge in [0.05, 0.1) is 5.69 Å². The molecular formula is C11H17N3. The molecule has 2 rings (SSSR count). The van der Waals surface area contributed by atoms with Crippen LogP contribution in [0.4, 0.5) is 0 Å². The predicted molar refractivity (Wildman–Crippen MR) is 56.1 cm³/mol. The zero-order chi connectivity index (χ0) is 10.5. The van der Waals surface area contributed by atoms with Crippen molar-refractivity contribution in [2.45, 2.75) is 39.8 Å². The van der Waals surface area contributed by atoms with Crippen LogP contribution in [0.25, 0.3) is 0 Å². The third kappa shape index (κ3) is 1.16. The minimum Gasteiger partial charge on any atom is -0.291 e. The Morgan fingerprint density at radius 3 is 2.36 bits per heavy atom. The van der Waals surface area contributed by atoms with Gasteiger partial charge in [-0.05, 0) is 34.7 Å². The number of aromatic nitrogens is 2. The molecule has 76 valence electrons. The number of hydrogen-bond acceptors (Lipinski definition) is 3. The van der Waals surface area contributed by atoms with Crippen LogP contribution in [-0.4, -0.2) is 21.9 Å². The number of aryl methyl sites for hydroxylation is 2. The molecule has 0 saturated carbocycles. The first-order chi connectivity index (χ1) is 6.52. The van der Waals surface area contributed by atoms with E-state index in [-0.39, 0.29) is 0 Å². The first kappa shape index (κ1) is 9.59. The van der Waals surface area contributed by atoms with Crippen LogP contribution in [0.2, 0.25) is 0 Å². The lowest BCUT2D eigenvalue weighted by Gasteiger charge is -2.19. The van der Waals surface area contributed by atoms with Gasteiger partial charge in [0.2, 0.25) is 0 Å². The molecule has 0 aromatic carbocycles. The van der Waals surface area contributed by atoms with Crippen molar-refractivity contribution in [3.63, 3.8) is 0 Å². The lowest BCUT2D eigenvalue weighted by Crippen LogP contribution is -2.17. The van der Waals surface area contributed by atoms with Gasteiger partial charge < -0.3 is 0 Å². The predicted octanol–water partition coefficient (Wildman–Crippen LogP) is 2.16. The lowest BCUT2D eigenvalue weighted by molar-refractivity contribution is 0.230. The molecule has 0 radical (unpaired) electrons. The SMILES string of the molecule is Cc1nc(C)c2c(n1)C(C)N(C)C2C. The van der Waals surface area contributed by atoms with E-state index in [4.69, 9.17) is 0 Å². The number of hydrogen-bond donors (Lipinski definition) is 0. The first-order valence-electron chi connectivity index (χ1n) is 5.09. The molecule has 0 bridgehead atoms. The molecule has 2 atom stereocenters. The summed E-state index contributed by atoms with van der Waals surface area (Å²) >= 11 is 0. The number of nitrogens with zero attached hydrogens (tertiary/aromatic N) is 3. The average Bonchev–Trinajstić information content (AvgIpc) is 2.31. The van der Waals surface area contributed by atoms with Gasteiger partial charge in [-0.2, -0.15) is 0 Å². The molecule has 0 N–H and O–H groups in total. The van der Waals surface area contributed by atoms with Gasteiger partial charge in [0.15, 0.2) is 0 Å². The first-order valence-corrected chi connectivity index (χ1v) is 5.09. The highest BCUT2D eigenvalue weighted by atomic mass is 15.2. The standard InChI is InChI=1S/C11H17N3/c1-6-10-7(2)14(5)8(3)11(10)13-9(4)12-6/h7-8H,1-5H3. The highest BCUT2D eigenvalue weighted by molar-refractivity contribution is 5.34. The van der Waals surface area contributed by atoms with Crippen molar-refractivity contribution in [1.29, 1.82) is 0 Å². The number of rotatable bonds is 0. The Kier molecular flexibility index (Phi) is 2.07. The Labute approximate surface area is 85.2 Å². The molecule has 0 amide bonds. The zero-order valence-corrected chi connectivity index (χ0v) is 9.50. The van der Waals surface area contributed by atoms with Crippen LogP contribution >= 0.6 is 0 Å². The van der Waals surface area contributed by atoms with E-state index in [1.54, 1.807) is 0 Å². The van der Waals surface area contributed by atoms with E-state index in [0.29, 0.717) is 12.1 Å². The molecule has 2 unspecified atom stereocenters. The van der Waals surface area contributed by atoms with Crippen LogP contribution in [0.5, 0.6) is 0 Å². The molecule has 1 aliphatic heterocycles. The van der Waals surface area contributed by atoms with Gasteiger partial charge in [0.25, 0.3) is 0 Å². The molecule has 0 fully saturated rings. The summed E-state index contributed by atoms with van der Waals surface area (Å²) < 4.78 is 0. The number of fused-ring (bicyclic) bond motifs is 1. The largest absolute Gasteiger partial charge is 0.291 e. The topological polar surface area (TPSA) is 29.0 Å². The molecule has 3 nitrogen and oxygen atoms in total. The summed E-state index contributed by atoms with van der Waals surface area (Å²) in [5, 5.41) is 0. The van der Waals surface area contributed by atoms with Crippen molar-refractivity contribution in [1.82, 2.24) is 14.9 Å². The third-order valence-corrected chi connectivity index (χ3v) is 3.31. The molecular weight excluding hydrogens is 174 g/mol. The fraction of sp³-hybridized carbons (Fsp3) is 0.636. The Bertz CT molecular complexity index is 373. The summed E-state index contributed by atoms with van der Waals surface area (Å²) in [6.07, 6.45) is 0. The second-order valence-corrected chi connectivity index (χ2v) is 4.17. The third-order valence-electron chi connectivity index (χ3n) is 3.31. The van der Waals surface area contributed by atoms with E-state index in [9.17, 15) is 0 Å². The Morgan fingerprint density at radius 2 is 1.71 bits per heavy atom. The van der Waals surface area contributed by atoms with Gasteiger partial charge in [-0.15, -0.1) is 0 Å². The van der Waals surface area contributed by atoms with Gasteiger partial charge >= 0.3 is 0 Å². The summed E-state index contributed by atoms with van der Waals surface area (Å²) in [4.78, 5) is 11.3. The quantitative estimate of drug-likeness (QED) is 0.629. The maximum absolute atomic E-state index is 4.54.